The molecule has 2 nitrogen and oxygen atoms in total. The van der Waals surface area contributed by atoms with E-state index in [1.165, 1.54) is 39.2 Å². The fourth-order valence-electron chi connectivity index (χ4n) is 2.73. The molecule has 0 spiro atoms. The van der Waals surface area contributed by atoms with Crippen LogP contribution in [0.15, 0.2) is 0 Å². The Hall–Kier alpha value is -0.600. The molecule has 0 saturated carbocycles. The molecule has 0 amide bonds. The van der Waals surface area contributed by atoms with Crippen molar-refractivity contribution in [2.45, 2.75) is 109 Å². The Morgan fingerprint density at radius 3 is 1.77 bits per heavy atom. The van der Waals surface area contributed by atoms with Crippen molar-refractivity contribution >= 4 is 5.97 Å². The molecule has 1 atom stereocenters. The van der Waals surface area contributed by atoms with E-state index in [9.17, 15) is 9.18 Å². The highest BCUT2D eigenvalue weighted by Crippen LogP contribution is 2.16. The van der Waals surface area contributed by atoms with Crippen LogP contribution in [0, 0.1) is 0 Å². The van der Waals surface area contributed by atoms with Crippen LogP contribution < -0.4 is 0 Å². The summed E-state index contributed by atoms with van der Waals surface area (Å²) < 4.78 is 18.3. The minimum atomic E-state index is -0.592. The highest BCUT2D eigenvalue weighted by atomic mass is 19.1. The first-order chi connectivity index (χ1) is 10.7. The number of unbranched alkanes of at least 4 members (excludes halogenated alkanes) is 10. The number of halogens is 1. The van der Waals surface area contributed by atoms with E-state index in [0.717, 1.165) is 57.8 Å². The van der Waals surface area contributed by atoms with E-state index >= 15 is 0 Å². The fraction of sp³-hybridized carbons (Fsp3) is 0.947. The normalized spacial score (nSPS) is 12.3. The first-order valence-corrected chi connectivity index (χ1v) is 9.41. The van der Waals surface area contributed by atoms with Crippen molar-refractivity contribution in [3.63, 3.8) is 0 Å². The fourth-order valence-corrected chi connectivity index (χ4v) is 2.73. The van der Waals surface area contributed by atoms with Gasteiger partial charge in [-0.15, -0.1) is 0 Å². The number of hydrogen-bond acceptors (Lipinski definition) is 2. The predicted octanol–water partition coefficient (Wildman–Crippen LogP) is 6.37. The van der Waals surface area contributed by atoms with Crippen molar-refractivity contribution in [1.29, 1.82) is 0 Å². The van der Waals surface area contributed by atoms with Crippen molar-refractivity contribution in [1.82, 2.24) is 0 Å². The monoisotopic (exact) mass is 316 g/mol. The maximum atomic E-state index is 13.7. The summed E-state index contributed by atoms with van der Waals surface area (Å²) in [6, 6.07) is 0. The molecule has 0 aromatic carbocycles. The number of alkyl halides is 1. The number of rotatable bonds is 16. The van der Waals surface area contributed by atoms with Gasteiger partial charge in [0.2, 0.25) is 0 Å². The van der Waals surface area contributed by atoms with Crippen LogP contribution in [0.1, 0.15) is 103 Å². The Balaban J connectivity index is 3.18. The van der Waals surface area contributed by atoms with Crippen LogP contribution in [0.5, 0.6) is 0 Å². The third-order valence-corrected chi connectivity index (χ3v) is 4.25. The van der Waals surface area contributed by atoms with E-state index in [2.05, 4.69) is 11.7 Å². The van der Waals surface area contributed by atoms with Gasteiger partial charge in [-0.3, -0.25) is 4.79 Å². The second kappa shape index (κ2) is 16.8. The smallest absolute Gasteiger partial charge is 0.305 e. The molecule has 0 fully saturated rings. The molecular formula is C19H37FO2. The topological polar surface area (TPSA) is 26.3 Å². The standard InChI is InChI=1S/C19H37FO2/c1-3-4-5-6-9-12-15-18(20)16-13-10-7-8-11-14-17-19(21)22-2/h18H,3-17H2,1-2H3/t18-/m0/s1. The lowest BCUT2D eigenvalue weighted by molar-refractivity contribution is -0.140. The van der Waals surface area contributed by atoms with E-state index in [1.807, 2.05) is 0 Å². The molecule has 0 aromatic heterocycles. The second-order valence-electron chi connectivity index (χ2n) is 6.39. The van der Waals surface area contributed by atoms with Gasteiger partial charge < -0.3 is 4.74 Å². The van der Waals surface area contributed by atoms with Gasteiger partial charge in [0, 0.05) is 6.42 Å². The third-order valence-electron chi connectivity index (χ3n) is 4.25. The number of carbonyl (C=O) groups is 1. The Bertz CT molecular complexity index is 244. The molecular weight excluding hydrogens is 279 g/mol. The lowest BCUT2D eigenvalue weighted by Gasteiger charge is -2.08. The zero-order chi connectivity index (χ0) is 16.5. The van der Waals surface area contributed by atoms with Crippen LogP contribution in [0.3, 0.4) is 0 Å². The van der Waals surface area contributed by atoms with Crippen molar-refractivity contribution in [3.8, 4) is 0 Å². The molecule has 0 heterocycles. The third kappa shape index (κ3) is 15.8. The molecule has 0 saturated heterocycles. The molecule has 22 heavy (non-hydrogen) atoms. The summed E-state index contributed by atoms with van der Waals surface area (Å²) in [6.45, 7) is 2.22. The minimum Gasteiger partial charge on any atom is -0.469 e. The summed E-state index contributed by atoms with van der Waals surface area (Å²) in [7, 11) is 1.43. The molecule has 0 unspecified atom stereocenters. The SMILES string of the molecule is CCCCCCCC[C@H](F)CCCCCCCCC(=O)OC. The van der Waals surface area contributed by atoms with Crippen molar-refractivity contribution in [3.05, 3.63) is 0 Å². The summed E-state index contributed by atoms with van der Waals surface area (Å²) in [5.41, 5.74) is 0. The summed E-state index contributed by atoms with van der Waals surface area (Å²) >= 11 is 0. The van der Waals surface area contributed by atoms with Crippen molar-refractivity contribution in [2.75, 3.05) is 7.11 Å². The minimum absolute atomic E-state index is 0.116. The first-order valence-electron chi connectivity index (χ1n) is 9.41. The zero-order valence-corrected chi connectivity index (χ0v) is 14.9. The summed E-state index contributed by atoms with van der Waals surface area (Å²) in [6.07, 6.45) is 15.3. The average Bonchev–Trinajstić information content (AvgIpc) is 2.52. The molecule has 132 valence electrons. The van der Waals surface area contributed by atoms with Crippen LogP contribution in [-0.2, 0) is 9.53 Å². The van der Waals surface area contributed by atoms with E-state index in [-0.39, 0.29) is 5.97 Å². The van der Waals surface area contributed by atoms with Crippen LogP contribution in [0.25, 0.3) is 0 Å². The Morgan fingerprint density at radius 2 is 1.27 bits per heavy atom. The average molecular weight is 317 g/mol. The lowest BCUT2D eigenvalue weighted by atomic mass is 10.0. The Labute approximate surface area is 137 Å². The van der Waals surface area contributed by atoms with Crippen LogP contribution in [0.2, 0.25) is 0 Å². The molecule has 0 N–H and O–H groups in total. The van der Waals surface area contributed by atoms with Gasteiger partial charge in [0.1, 0.15) is 6.17 Å². The highest BCUT2D eigenvalue weighted by molar-refractivity contribution is 5.68. The summed E-state index contributed by atoms with van der Waals surface area (Å²) in [4.78, 5) is 10.9. The van der Waals surface area contributed by atoms with Gasteiger partial charge in [-0.2, -0.15) is 0 Å². The maximum Gasteiger partial charge on any atom is 0.305 e. The predicted molar refractivity (Wildman–Crippen MR) is 91.8 cm³/mol. The van der Waals surface area contributed by atoms with Gasteiger partial charge in [0.05, 0.1) is 7.11 Å². The number of ether oxygens (including phenoxy) is 1. The molecule has 3 heteroatoms. The largest absolute Gasteiger partial charge is 0.469 e. The molecule has 0 aliphatic heterocycles. The van der Waals surface area contributed by atoms with Gasteiger partial charge in [0.25, 0.3) is 0 Å². The number of hydrogen-bond donors (Lipinski definition) is 0. The molecule has 0 aliphatic rings. The van der Waals surface area contributed by atoms with Crippen LogP contribution >= 0.6 is 0 Å². The van der Waals surface area contributed by atoms with Gasteiger partial charge in [-0.1, -0.05) is 77.6 Å². The van der Waals surface area contributed by atoms with Crippen molar-refractivity contribution in [2.24, 2.45) is 0 Å². The summed E-state index contributed by atoms with van der Waals surface area (Å²) in [5, 5.41) is 0. The van der Waals surface area contributed by atoms with Gasteiger partial charge >= 0.3 is 5.97 Å². The highest BCUT2D eigenvalue weighted by Gasteiger charge is 2.05. The number of carbonyl (C=O) groups excluding carboxylic acids is 1. The van der Waals surface area contributed by atoms with E-state index < -0.39 is 6.17 Å². The lowest BCUT2D eigenvalue weighted by Crippen LogP contribution is -2.00. The second-order valence-corrected chi connectivity index (χ2v) is 6.39. The molecule has 0 rings (SSSR count). The van der Waals surface area contributed by atoms with Crippen LogP contribution in [-0.4, -0.2) is 19.3 Å². The van der Waals surface area contributed by atoms with Gasteiger partial charge in [0.15, 0.2) is 0 Å². The van der Waals surface area contributed by atoms with E-state index in [1.54, 1.807) is 0 Å². The van der Waals surface area contributed by atoms with Crippen molar-refractivity contribution < 1.29 is 13.9 Å². The zero-order valence-electron chi connectivity index (χ0n) is 14.9. The maximum absolute atomic E-state index is 13.7. The first kappa shape index (κ1) is 21.4. The molecule has 0 aliphatic carbocycles. The van der Waals surface area contributed by atoms with Gasteiger partial charge in [-0.25, -0.2) is 4.39 Å². The Kier molecular flexibility index (Phi) is 16.3. The summed E-state index contributed by atoms with van der Waals surface area (Å²) in [5.74, 6) is -0.116. The number of esters is 1. The quantitative estimate of drug-likeness (QED) is 0.244. The molecule has 0 bridgehead atoms. The number of methoxy groups -OCH3 is 1. The van der Waals surface area contributed by atoms with Crippen LogP contribution in [0.4, 0.5) is 4.39 Å². The molecule has 0 aromatic rings. The Morgan fingerprint density at radius 1 is 0.818 bits per heavy atom. The van der Waals surface area contributed by atoms with Gasteiger partial charge in [-0.05, 0) is 19.3 Å². The van der Waals surface area contributed by atoms with E-state index in [0.29, 0.717) is 6.42 Å². The van der Waals surface area contributed by atoms with E-state index in [4.69, 9.17) is 0 Å². The molecule has 0 radical (unpaired) electrons.